The average Bonchev–Trinajstić information content (AvgIpc) is 2.50. The number of rotatable bonds is 10. The second-order valence-corrected chi connectivity index (χ2v) is 4.76. The van der Waals surface area contributed by atoms with E-state index in [0.29, 0.717) is 0 Å². The largest absolute Gasteiger partial charge is 0.493 e. The third-order valence-corrected chi connectivity index (χ3v) is 3.41. The monoisotopic (exact) mass is 278 g/mol. The van der Waals surface area contributed by atoms with Crippen LogP contribution in [0.15, 0.2) is 30.9 Å². The summed E-state index contributed by atoms with van der Waals surface area (Å²) in [5.41, 5.74) is 4.00. The standard InChI is InChI=1S/C16H26N2O2/c1-4-5-6-7-8-9-14(18-17)13-10-11-15(19-2)16(12-13)20-3/h4,10-12,14,18H,1,5-9,17H2,2-3H3. The lowest BCUT2D eigenvalue weighted by Gasteiger charge is -2.18. The zero-order valence-electron chi connectivity index (χ0n) is 12.5. The van der Waals surface area contributed by atoms with Crippen LogP contribution in [0, 0.1) is 0 Å². The highest BCUT2D eigenvalue weighted by Crippen LogP contribution is 2.31. The minimum Gasteiger partial charge on any atom is -0.493 e. The van der Waals surface area contributed by atoms with E-state index in [1.807, 2.05) is 24.3 Å². The lowest BCUT2D eigenvalue weighted by atomic mass is 10.00. The summed E-state index contributed by atoms with van der Waals surface area (Å²) in [6.07, 6.45) is 7.56. The van der Waals surface area contributed by atoms with E-state index in [0.717, 1.165) is 36.3 Å². The number of nitrogens with one attached hydrogen (secondary N) is 1. The van der Waals surface area contributed by atoms with Crippen molar-refractivity contribution in [2.75, 3.05) is 14.2 Å². The predicted molar refractivity (Wildman–Crippen MR) is 82.9 cm³/mol. The molecule has 0 aliphatic carbocycles. The molecule has 3 N–H and O–H groups in total. The molecule has 112 valence electrons. The zero-order valence-corrected chi connectivity index (χ0v) is 12.5. The fourth-order valence-electron chi connectivity index (χ4n) is 2.23. The molecule has 0 heterocycles. The molecule has 1 aromatic rings. The molecule has 0 fully saturated rings. The minimum absolute atomic E-state index is 0.138. The molecule has 0 bridgehead atoms. The maximum absolute atomic E-state index is 5.67. The summed E-state index contributed by atoms with van der Waals surface area (Å²) in [5.74, 6) is 7.14. The third kappa shape index (κ3) is 4.87. The zero-order chi connectivity index (χ0) is 14.8. The van der Waals surface area contributed by atoms with E-state index >= 15 is 0 Å². The number of hydrogen-bond donors (Lipinski definition) is 2. The van der Waals surface area contributed by atoms with E-state index in [4.69, 9.17) is 15.3 Å². The van der Waals surface area contributed by atoms with Gasteiger partial charge in [0.15, 0.2) is 11.5 Å². The molecule has 1 rings (SSSR count). The van der Waals surface area contributed by atoms with Crippen LogP contribution in [-0.4, -0.2) is 14.2 Å². The van der Waals surface area contributed by atoms with Gasteiger partial charge in [0.25, 0.3) is 0 Å². The van der Waals surface area contributed by atoms with E-state index in [1.165, 1.54) is 12.8 Å². The van der Waals surface area contributed by atoms with Gasteiger partial charge < -0.3 is 9.47 Å². The molecule has 0 amide bonds. The molecule has 1 unspecified atom stereocenters. The van der Waals surface area contributed by atoms with Gasteiger partial charge in [-0.05, 0) is 37.0 Å². The Bertz CT molecular complexity index is 407. The highest BCUT2D eigenvalue weighted by molar-refractivity contribution is 5.43. The SMILES string of the molecule is C=CCCCCCC(NN)c1ccc(OC)c(OC)c1. The topological polar surface area (TPSA) is 56.5 Å². The van der Waals surface area contributed by atoms with Crippen LogP contribution < -0.4 is 20.7 Å². The molecule has 20 heavy (non-hydrogen) atoms. The lowest BCUT2D eigenvalue weighted by Crippen LogP contribution is -2.28. The number of unbranched alkanes of at least 4 members (excludes halogenated alkanes) is 3. The molecule has 1 atom stereocenters. The smallest absolute Gasteiger partial charge is 0.161 e. The Morgan fingerprint density at radius 3 is 2.55 bits per heavy atom. The molecule has 4 heteroatoms. The molecule has 1 aromatic carbocycles. The molecule has 0 spiro atoms. The minimum atomic E-state index is 0.138. The number of benzene rings is 1. The van der Waals surface area contributed by atoms with Crippen molar-refractivity contribution in [1.29, 1.82) is 0 Å². The summed E-state index contributed by atoms with van der Waals surface area (Å²) < 4.78 is 10.6. The number of hydrazine groups is 1. The molecular weight excluding hydrogens is 252 g/mol. The van der Waals surface area contributed by atoms with Crippen molar-refractivity contribution in [3.05, 3.63) is 36.4 Å². The van der Waals surface area contributed by atoms with Crippen molar-refractivity contribution >= 4 is 0 Å². The van der Waals surface area contributed by atoms with Gasteiger partial charge in [-0.25, -0.2) is 0 Å². The summed E-state index contributed by atoms with van der Waals surface area (Å²) in [4.78, 5) is 0. The van der Waals surface area contributed by atoms with E-state index in [9.17, 15) is 0 Å². The van der Waals surface area contributed by atoms with Crippen LogP contribution in [0.5, 0.6) is 11.5 Å². The summed E-state index contributed by atoms with van der Waals surface area (Å²) >= 11 is 0. The first-order valence-electron chi connectivity index (χ1n) is 7.05. The van der Waals surface area contributed by atoms with Gasteiger partial charge in [-0.1, -0.05) is 25.0 Å². The van der Waals surface area contributed by atoms with Crippen LogP contribution in [0.4, 0.5) is 0 Å². The fraction of sp³-hybridized carbons (Fsp3) is 0.500. The van der Waals surface area contributed by atoms with Gasteiger partial charge in [0, 0.05) is 6.04 Å². The Kier molecular flexibility index (Phi) is 7.77. The molecular formula is C16H26N2O2. The molecule has 0 aliphatic rings. The second kappa shape index (κ2) is 9.39. The number of methoxy groups -OCH3 is 2. The Hall–Kier alpha value is -1.52. The molecule has 4 nitrogen and oxygen atoms in total. The first kappa shape index (κ1) is 16.5. The van der Waals surface area contributed by atoms with Gasteiger partial charge in [-0.15, -0.1) is 6.58 Å². The van der Waals surface area contributed by atoms with Crippen molar-refractivity contribution in [3.63, 3.8) is 0 Å². The van der Waals surface area contributed by atoms with Crippen molar-refractivity contribution in [1.82, 2.24) is 5.43 Å². The third-order valence-electron chi connectivity index (χ3n) is 3.41. The predicted octanol–water partition coefficient (Wildman–Crippen LogP) is 3.34. The highest BCUT2D eigenvalue weighted by Gasteiger charge is 2.12. The summed E-state index contributed by atoms with van der Waals surface area (Å²) in [6.45, 7) is 3.73. The second-order valence-electron chi connectivity index (χ2n) is 4.76. The highest BCUT2D eigenvalue weighted by atomic mass is 16.5. The number of ether oxygens (including phenoxy) is 2. The number of nitrogens with two attached hydrogens (primary N) is 1. The average molecular weight is 278 g/mol. The Labute approximate surface area is 121 Å². The van der Waals surface area contributed by atoms with E-state index in [2.05, 4.69) is 12.0 Å². The lowest BCUT2D eigenvalue weighted by molar-refractivity contribution is 0.353. The van der Waals surface area contributed by atoms with Crippen LogP contribution in [0.2, 0.25) is 0 Å². The Morgan fingerprint density at radius 2 is 1.95 bits per heavy atom. The number of hydrogen-bond acceptors (Lipinski definition) is 4. The van der Waals surface area contributed by atoms with E-state index in [-0.39, 0.29) is 6.04 Å². The maximum Gasteiger partial charge on any atom is 0.161 e. The normalized spacial score (nSPS) is 11.9. The van der Waals surface area contributed by atoms with Gasteiger partial charge in [-0.3, -0.25) is 11.3 Å². The maximum atomic E-state index is 5.67. The van der Waals surface area contributed by atoms with Crippen LogP contribution in [0.1, 0.15) is 43.7 Å². The van der Waals surface area contributed by atoms with Crippen LogP contribution in [-0.2, 0) is 0 Å². The van der Waals surface area contributed by atoms with E-state index < -0.39 is 0 Å². The van der Waals surface area contributed by atoms with Gasteiger partial charge >= 0.3 is 0 Å². The first-order valence-corrected chi connectivity index (χ1v) is 7.05. The Balaban J connectivity index is 2.62. The van der Waals surface area contributed by atoms with Crippen molar-refractivity contribution < 1.29 is 9.47 Å². The first-order chi connectivity index (χ1) is 9.76. The Morgan fingerprint density at radius 1 is 1.20 bits per heavy atom. The fourth-order valence-corrected chi connectivity index (χ4v) is 2.23. The van der Waals surface area contributed by atoms with Gasteiger partial charge in [0.2, 0.25) is 0 Å². The van der Waals surface area contributed by atoms with Crippen LogP contribution in [0.25, 0.3) is 0 Å². The summed E-state index contributed by atoms with van der Waals surface area (Å²) in [6, 6.07) is 6.05. The van der Waals surface area contributed by atoms with Crippen LogP contribution >= 0.6 is 0 Å². The molecule has 0 saturated carbocycles. The van der Waals surface area contributed by atoms with Crippen LogP contribution in [0.3, 0.4) is 0 Å². The molecule has 0 saturated heterocycles. The van der Waals surface area contributed by atoms with Crippen molar-refractivity contribution in [2.45, 2.75) is 38.1 Å². The quantitative estimate of drug-likeness (QED) is 0.298. The van der Waals surface area contributed by atoms with Gasteiger partial charge in [0.05, 0.1) is 14.2 Å². The molecule has 0 aromatic heterocycles. The number of allylic oxidation sites excluding steroid dienone is 1. The summed E-state index contributed by atoms with van der Waals surface area (Å²) in [7, 11) is 3.28. The molecule has 0 radical (unpaired) electrons. The van der Waals surface area contributed by atoms with E-state index in [1.54, 1.807) is 14.2 Å². The van der Waals surface area contributed by atoms with Gasteiger partial charge in [-0.2, -0.15) is 0 Å². The summed E-state index contributed by atoms with van der Waals surface area (Å²) in [5, 5.41) is 0. The molecule has 0 aliphatic heterocycles. The van der Waals surface area contributed by atoms with Crippen molar-refractivity contribution in [2.24, 2.45) is 5.84 Å². The van der Waals surface area contributed by atoms with Gasteiger partial charge in [0.1, 0.15) is 0 Å². The van der Waals surface area contributed by atoms with Crippen molar-refractivity contribution in [3.8, 4) is 11.5 Å².